The number of aliphatic hydroxyl groups excluding tert-OH is 1. The molecule has 1 aliphatic rings. The average Bonchev–Trinajstić information content (AvgIpc) is 2.38. The third-order valence-corrected chi connectivity index (χ3v) is 3.12. The highest BCUT2D eigenvalue weighted by atomic mass is 35.5. The highest BCUT2D eigenvalue weighted by Gasteiger charge is 2.28. The molecule has 2 heterocycles. The minimum absolute atomic E-state index is 0.0407. The molecular weight excluding hydrogens is 281 g/mol. The first kappa shape index (κ1) is 13.6. The molecule has 1 fully saturated rings. The summed E-state index contributed by atoms with van der Waals surface area (Å²) < 4.78 is 10.5. The van der Waals surface area contributed by atoms with Gasteiger partial charge in [0.1, 0.15) is 0 Å². The second-order valence-electron chi connectivity index (χ2n) is 3.75. The fourth-order valence-corrected chi connectivity index (χ4v) is 2.29. The van der Waals surface area contributed by atoms with Crippen molar-refractivity contribution in [1.82, 2.24) is 9.97 Å². The number of hydrogen-bond donors (Lipinski definition) is 1. The van der Waals surface area contributed by atoms with Crippen LogP contribution in [0.25, 0.3) is 0 Å². The van der Waals surface area contributed by atoms with Crippen molar-refractivity contribution in [3.63, 3.8) is 0 Å². The molecule has 1 saturated heterocycles. The van der Waals surface area contributed by atoms with Crippen LogP contribution in [-0.2, 0) is 4.74 Å². The van der Waals surface area contributed by atoms with Crippen LogP contribution < -0.4 is 9.64 Å². The van der Waals surface area contributed by atoms with E-state index in [0.29, 0.717) is 31.3 Å². The Morgan fingerprint density at radius 2 is 2.28 bits per heavy atom. The molecule has 1 N–H and O–H groups in total. The number of ether oxygens (including phenoxy) is 2. The highest BCUT2D eigenvalue weighted by Crippen LogP contribution is 2.34. The van der Waals surface area contributed by atoms with Crippen LogP contribution in [0, 0.1) is 0 Å². The molecule has 0 spiro atoms. The molecule has 1 unspecified atom stereocenters. The Balaban J connectivity index is 2.41. The third-order valence-electron chi connectivity index (χ3n) is 2.69. The SMILES string of the molecule is COc1c(Cl)nc(Cl)nc1N1CCOCC1CO. The molecule has 1 aromatic heterocycles. The number of methoxy groups -OCH3 is 1. The first-order valence-corrected chi connectivity index (χ1v) is 6.15. The molecule has 6 nitrogen and oxygen atoms in total. The Kier molecular flexibility index (Phi) is 4.45. The number of anilines is 1. The van der Waals surface area contributed by atoms with E-state index in [9.17, 15) is 5.11 Å². The number of halogens is 2. The number of rotatable bonds is 3. The molecule has 8 heteroatoms. The van der Waals surface area contributed by atoms with Gasteiger partial charge in [-0.3, -0.25) is 0 Å². The van der Waals surface area contributed by atoms with Gasteiger partial charge in [0.2, 0.25) is 5.28 Å². The van der Waals surface area contributed by atoms with E-state index in [1.165, 1.54) is 7.11 Å². The van der Waals surface area contributed by atoms with Crippen LogP contribution in [0.15, 0.2) is 0 Å². The van der Waals surface area contributed by atoms with Crippen LogP contribution in [0.5, 0.6) is 5.75 Å². The Morgan fingerprint density at radius 3 is 2.94 bits per heavy atom. The lowest BCUT2D eigenvalue weighted by atomic mass is 10.2. The zero-order valence-electron chi connectivity index (χ0n) is 9.77. The lowest BCUT2D eigenvalue weighted by molar-refractivity contribution is 0.0720. The van der Waals surface area contributed by atoms with E-state index in [0.717, 1.165) is 0 Å². The number of morpholine rings is 1. The van der Waals surface area contributed by atoms with Gasteiger partial charge in [-0.05, 0) is 11.6 Å². The van der Waals surface area contributed by atoms with Crippen LogP contribution >= 0.6 is 23.2 Å². The van der Waals surface area contributed by atoms with Gasteiger partial charge in [-0.15, -0.1) is 0 Å². The van der Waals surface area contributed by atoms with E-state index in [-0.39, 0.29) is 23.1 Å². The summed E-state index contributed by atoms with van der Waals surface area (Å²) in [6, 6.07) is -0.199. The van der Waals surface area contributed by atoms with E-state index in [1.54, 1.807) is 0 Å². The predicted octanol–water partition coefficient (Wildman–Crippen LogP) is 0.989. The van der Waals surface area contributed by atoms with Crippen molar-refractivity contribution in [2.24, 2.45) is 0 Å². The molecule has 2 rings (SSSR count). The Bertz CT molecular complexity index is 433. The predicted molar refractivity (Wildman–Crippen MR) is 67.6 cm³/mol. The molecule has 0 aliphatic carbocycles. The highest BCUT2D eigenvalue weighted by molar-refractivity contribution is 6.33. The maximum atomic E-state index is 9.35. The maximum Gasteiger partial charge on any atom is 0.226 e. The van der Waals surface area contributed by atoms with Gasteiger partial charge in [-0.25, -0.2) is 4.98 Å². The molecule has 0 aromatic carbocycles. The van der Waals surface area contributed by atoms with Crippen LogP contribution in [0.3, 0.4) is 0 Å². The minimum atomic E-state index is -0.199. The molecule has 0 bridgehead atoms. The molecule has 0 radical (unpaired) electrons. The lowest BCUT2D eigenvalue weighted by Crippen LogP contribution is -2.48. The summed E-state index contributed by atoms with van der Waals surface area (Å²) in [5.41, 5.74) is 0. The summed E-state index contributed by atoms with van der Waals surface area (Å²) in [5.74, 6) is 0.825. The zero-order chi connectivity index (χ0) is 13.1. The fraction of sp³-hybridized carbons (Fsp3) is 0.600. The van der Waals surface area contributed by atoms with Crippen molar-refractivity contribution in [2.75, 3.05) is 38.4 Å². The Morgan fingerprint density at radius 1 is 1.50 bits per heavy atom. The van der Waals surface area contributed by atoms with E-state index in [4.69, 9.17) is 32.7 Å². The molecule has 1 atom stereocenters. The van der Waals surface area contributed by atoms with Gasteiger partial charge >= 0.3 is 0 Å². The Labute approximate surface area is 114 Å². The van der Waals surface area contributed by atoms with Crippen molar-refractivity contribution in [3.05, 3.63) is 10.4 Å². The lowest BCUT2D eigenvalue weighted by Gasteiger charge is -2.35. The number of aromatic nitrogens is 2. The van der Waals surface area contributed by atoms with Gasteiger partial charge in [0, 0.05) is 6.54 Å². The van der Waals surface area contributed by atoms with Gasteiger partial charge in [-0.1, -0.05) is 11.6 Å². The quantitative estimate of drug-likeness (QED) is 0.662. The summed E-state index contributed by atoms with van der Waals surface area (Å²) in [7, 11) is 1.48. The molecular formula is C10H13Cl2N3O3. The monoisotopic (exact) mass is 293 g/mol. The van der Waals surface area contributed by atoms with Crippen LogP contribution in [0.4, 0.5) is 5.82 Å². The maximum absolute atomic E-state index is 9.35. The molecule has 1 aliphatic heterocycles. The van der Waals surface area contributed by atoms with Gasteiger partial charge in [0.15, 0.2) is 16.7 Å². The number of hydrogen-bond acceptors (Lipinski definition) is 6. The second kappa shape index (κ2) is 5.88. The first-order valence-electron chi connectivity index (χ1n) is 5.39. The van der Waals surface area contributed by atoms with Gasteiger partial charge in [-0.2, -0.15) is 4.98 Å². The normalized spacial score (nSPS) is 20.0. The van der Waals surface area contributed by atoms with Crippen LogP contribution in [0.2, 0.25) is 10.4 Å². The van der Waals surface area contributed by atoms with Gasteiger partial charge < -0.3 is 19.5 Å². The topological polar surface area (TPSA) is 67.7 Å². The summed E-state index contributed by atoms with van der Waals surface area (Å²) in [4.78, 5) is 9.82. The molecule has 100 valence electrons. The molecule has 0 amide bonds. The summed E-state index contributed by atoms with van der Waals surface area (Å²) in [5, 5.41) is 9.54. The molecule has 0 saturated carbocycles. The van der Waals surface area contributed by atoms with Crippen molar-refractivity contribution in [2.45, 2.75) is 6.04 Å². The summed E-state index contributed by atoms with van der Waals surface area (Å²) >= 11 is 11.8. The van der Waals surface area contributed by atoms with E-state index < -0.39 is 0 Å². The zero-order valence-corrected chi connectivity index (χ0v) is 11.3. The van der Waals surface area contributed by atoms with Crippen LogP contribution in [0.1, 0.15) is 0 Å². The van der Waals surface area contributed by atoms with E-state index in [1.807, 2.05) is 4.90 Å². The fourth-order valence-electron chi connectivity index (χ4n) is 1.84. The van der Waals surface area contributed by atoms with Gasteiger partial charge in [0.05, 0.1) is 33.0 Å². The minimum Gasteiger partial charge on any atom is -0.490 e. The number of nitrogens with zero attached hydrogens (tertiary/aromatic N) is 3. The van der Waals surface area contributed by atoms with Crippen molar-refractivity contribution in [3.8, 4) is 5.75 Å². The third kappa shape index (κ3) is 2.61. The van der Waals surface area contributed by atoms with Gasteiger partial charge in [0.25, 0.3) is 0 Å². The van der Waals surface area contributed by atoms with E-state index >= 15 is 0 Å². The average molecular weight is 294 g/mol. The summed E-state index contributed by atoms with van der Waals surface area (Å²) in [6.07, 6.45) is 0. The largest absolute Gasteiger partial charge is 0.490 e. The molecule has 18 heavy (non-hydrogen) atoms. The number of aliphatic hydroxyl groups is 1. The molecule has 1 aromatic rings. The Hall–Kier alpha value is -0.820. The second-order valence-corrected chi connectivity index (χ2v) is 4.44. The van der Waals surface area contributed by atoms with Crippen molar-refractivity contribution >= 4 is 29.0 Å². The van der Waals surface area contributed by atoms with Crippen molar-refractivity contribution in [1.29, 1.82) is 0 Å². The van der Waals surface area contributed by atoms with Crippen molar-refractivity contribution < 1.29 is 14.6 Å². The first-order chi connectivity index (χ1) is 8.67. The van der Waals surface area contributed by atoms with Crippen LogP contribution in [-0.4, -0.2) is 54.6 Å². The smallest absolute Gasteiger partial charge is 0.226 e. The van der Waals surface area contributed by atoms with E-state index in [2.05, 4.69) is 9.97 Å². The summed E-state index contributed by atoms with van der Waals surface area (Å²) in [6.45, 7) is 1.48. The standard InChI is InChI=1S/C10H13Cl2N3O3/c1-17-7-8(11)13-10(12)14-9(7)15-2-3-18-5-6(15)4-16/h6,16H,2-5H2,1H3.